The zero-order chi connectivity index (χ0) is 15.5. The molecule has 0 amide bonds. The quantitative estimate of drug-likeness (QED) is 0.867. The molecule has 108 valence electrons. The molecule has 21 heavy (non-hydrogen) atoms. The minimum Gasteiger partial charge on any atom is -0.355 e. The predicted octanol–water partition coefficient (Wildman–Crippen LogP) is 3.61. The molecule has 0 bridgehead atoms. The van der Waals surface area contributed by atoms with Crippen molar-refractivity contribution in [1.29, 1.82) is 5.26 Å². The molecule has 6 heteroatoms. The van der Waals surface area contributed by atoms with Gasteiger partial charge in [0.1, 0.15) is 5.82 Å². The van der Waals surface area contributed by atoms with Crippen LogP contribution in [0.1, 0.15) is 16.7 Å². The highest BCUT2D eigenvalue weighted by atomic mass is 19.4. The first-order chi connectivity index (χ1) is 9.90. The number of aromatic nitrogens is 1. The van der Waals surface area contributed by atoms with Crippen LogP contribution in [0.3, 0.4) is 0 Å². The Morgan fingerprint density at radius 2 is 2.00 bits per heavy atom. The van der Waals surface area contributed by atoms with E-state index in [1.54, 1.807) is 30.1 Å². The van der Waals surface area contributed by atoms with E-state index in [-0.39, 0.29) is 5.82 Å². The largest absolute Gasteiger partial charge is 0.416 e. The van der Waals surface area contributed by atoms with Gasteiger partial charge in [-0.15, -0.1) is 0 Å². The Hall–Kier alpha value is -2.55. The molecule has 1 aromatic carbocycles. The summed E-state index contributed by atoms with van der Waals surface area (Å²) in [6, 6.07) is 10.9. The van der Waals surface area contributed by atoms with E-state index in [1.807, 2.05) is 12.1 Å². The van der Waals surface area contributed by atoms with E-state index in [0.717, 1.165) is 23.9 Å². The van der Waals surface area contributed by atoms with Crippen molar-refractivity contribution in [3.8, 4) is 6.07 Å². The van der Waals surface area contributed by atoms with Crippen LogP contribution in [0.4, 0.5) is 19.0 Å². The number of halogens is 3. The molecule has 1 aromatic heterocycles. The van der Waals surface area contributed by atoms with Crippen LogP contribution < -0.4 is 4.90 Å². The molecule has 0 N–H and O–H groups in total. The summed E-state index contributed by atoms with van der Waals surface area (Å²) in [7, 11) is 1.65. The summed E-state index contributed by atoms with van der Waals surface area (Å²) in [6.45, 7) is 0.365. The maximum absolute atomic E-state index is 12.7. The van der Waals surface area contributed by atoms with E-state index in [1.165, 1.54) is 0 Å². The Bertz CT molecular complexity index is 674. The number of rotatable bonds is 3. The van der Waals surface area contributed by atoms with Gasteiger partial charge in [0.15, 0.2) is 0 Å². The van der Waals surface area contributed by atoms with Crippen molar-refractivity contribution >= 4 is 5.82 Å². The molecule has 1 heterocycles. The third-order valence-corrected chi connectivity index (χ3v) is 2.94. The van der Waals surface area contributed by atoms with Crippen LogP contribution >= 0.6 is 0 Å². The van der Waals surface area contributed by atoms with Crippen molar-refractivity contribution in [2.75, 3.05) is 11.9 Å². The molecule has 0 spiro atoms. The summed E-state index contributed by atoms with van der Waals surface area (Å²) < 4.78 is 38.0. The van der Waals surface area contributed by atoms with E-state index < -0.39 is 11.7 Å². The van der Waals surface area contributed by atoms with Crippen LogP contribution in [0.25, 0.3) is 0 Å². The Balaban J connectivity index is 2.20. The Morgan fingerprint density at radius 3 is 2.67 bits per heavy atom. The van der Waals surface area contributed by atoms with E-state index in [0.29, 0.717) is 12.1 Å². The lowest BCUT2D eigenvalue weighted by Gasteiger charge is -2.19. The molecule has 0 saturated heterocycles. The average Bonchev–Trinajstić information content (AvgIpc) is 2.46. The number of nitriles is 1. The van der Waals surface area contributed by atoms with E-state index in [4.69, 9.17) is 5.26 Å². The van der Waals surface area contributed by atoms with E-state index >= 15 is 0 Å². The highest BCUT2D eigenvalue weighted by Crippen LogP contribution is 2.30. The molecular formula is C15H12F3N3. The van der Waals surface area contributed by atoms with Crippen LogP contribution in [-0.2, 0) is 12.7 Å². The topological polar surface area (TPSA) is 39.9 Å². The minimum absolute atomic E-state index is 0.229. The van der Waals surface area contributed by atoms with Crippen molar-refractivity contribution in [2.45, 2.75) is 12.7 Å². The second-order valence-electron chi connectivity index (χ2n) is 4.57. The van der Waals surface area contributed by atoms with Gasteiger partial charge in [0, 0.05) is 19.8 Å². The molecule has 0 aliphatic heterocycles. The van der Waals surface area contributed by atoms with Crippen LogP contribution in [0, 0.1) is 11.3 Å². The number of alkyl halides is 3. The van der Waals surface area contributed by atoms with Crippen molar-refractivity contribution in [3.63, 3.8) is 0 Å². The molecular weight excluding hydrogens is 279 g/mol. The van der Waals surface area contributed by atoms with Crippen molar-refractivity contribution in [1.82, 2.24) is 4.98 Å². The molecule has 3 nitrogen and oxygen atoms in total. The Kier molecular flexibility index (Phi) is 4.13. The highest BCUT2D eigenvalue weighted by Gasteiger charge is 2.31. The Morgan fingerprint density at radius 1 is 1.24 bits per heavy atom. The monoisotopic (exact) mass is 291 g/mol. The molecule has 2 rings (SSSR count). The van der Waals surface area contributed by atoms with Crippen LogP contribution in [0.5, 0.6) is 0 Å². The van der Waals surface area contributed by atoms with Gasteiger partial charge >= 0.3 is 6.18 Å². The molecule has 0 fully saturated rings. The number of pyridine rings is 1. The number of hydrogen-bond donors (Lipinski definition) is 0. The second kappa shape index (κ2) is 5.83. The molecule has 0 saturated carbocycles. The summed E-state index contributed by atoms with van der Waals surface area (Å²) >= 11 is 0. The van der Waals surface area contributed by atoms with E-state index in [9.17, 15) is 13.2 Å². The summed E-state index contributed by atoms with van der Waals surface area (Å²) in [5.41, 5.74) is 0.610. The lowest BCUT2D eigenvalue weighted by molar-refractivity contribution is -0.137. The highest BCUT2D eigenvalue weighted by molar-refractivity contribution is 5.43. The molecule has 0 unspecified atom stereocenters. The number of anilines is 1. The average molecular weight is 291 g/mol. The molecule has 0 atom stereocenters. The summed E-state index contributed by atoms with van der Waals surface area (Å²) in [6.07, 6.45) is -3.25. The van der Waals surface area contributed by atoms with Gasteiger partial charge in [-0.3, -0.25) is 0 Å². The normalized spacial score (nSPS) is 11.0. The smallest absolute Gasteiger partial charge is 0.355 e. The lowest BCUT2D eigenvalue weighted by atomic mass is 10.1. The predicted molar refractivity (Wildman–Crippen MR) is 72.5 cm³/mol. The number of benzene rings is 1. The molecule has 0 aliphatic carbocycles. The fourth-order valence-electron chi connectivity index (χ4n) is 1.90. The van der Waals surface area contributed by atoms with E-state index in [2.05, 4.69) is 4.98 Å². The van der Waals surface area contributed by atoms with Gasteiger partial charge in [-0.2, -0.15) is 18.4 Å². The van der Waals surface area contributed by atoms with Crippen molar-refractivity contribution in [3.05, 3.63) is 59.3 Å². The number of nitrogens with zero attached hydrogens (tertiary/aromatic N) is 3. The van der Waals surface area contributed by atoms with Gasteiger partial charge in [-0.25, -0.2) is 4.98 Å². The van der Waals surface area contributed by atoms with Gasteiger partial charge in [0.25, 0.3) is 0 Å². The maximum Gasteiger partial charge on any atom is 0.416 e. The fraction of sp³-hybridized carbons (Fsp3) is 0.200. The van der Waals surface area contributed by atoms with Crippen molar-refractivity contribution < 1.29 is 13.2 Å². The van der Waals surface area contributed by atoms with Gasteiger partial charge in [0.2, 0.25) is 0 Å². The first-order valence-corrected chi connectivity index (χ1v) is 6.13. The Labute approximate surface area is 120 Å². The summed E-state index contributed by atoms with van der Waals surface area (Å²) in [4.78, 5) is 5.56. The fourth-order valence-corrected chi connectivity index (χ4v) is 1.90. The van der Waals surface area contributed by atoms with Gasteiger partial charge in [-0.1, -0.05) is 12.1 Å². The van der Waals surface area contributed by atoms with Crippen LogP contribution in [-0.4, -0.2) is 12.0 Å². The molecule has 0 aliphatic rings. The molecule has 2 aromatic rings. The van der Waals surface area contributed by atoms with Gasteiger partial charge in [-0.05, 0) is 29.8 Å². The molecule has 0 radical (unpaired) electrons. The third-order valence-electron chi connectivity index (χ3n) is 2.94. The third kappa shape index (κ3) is 3.72. The maximum atomic E-state index is 12.7. The second-order valence-corrected chi connectivity index (χ2v) is 4.57. The summed E-state index contributed by atoms with van der Waals surface area (Å²) in [5.74, 6) is 0.229. The SMILES string of the molecule is CN(Cc1cccc(C#N)c1)c1cc(C(F)(F)F)ccn1. The van der Waals surface area contributed by atoms with Gasteiger partial charge < -0.3 is 4.90 Å². The van der Waals surface area contributed by atoms with Crippen LogP contribution in [0.15, 0.2) is 42.6 Å². The first-order valence-electron chi connectivity index (χ1n) is 6.13. The lowest BCUT2D eigenvalue weighted by Crippen LogP contribution is -2.18. The van der Waals surface area contributed by atoms with Gasteiger partial charge in [0.05, 0.1) is 17.2 Å². The standard InChI is InChI=1S/C15H12F3N3/c1-21(10-12-4-2-3-11(7-12)9-19)14-8-13(5-6-20-14)15(16,17)18/h2-8H,10H2,1H3. The minimum atomic E-state index is -4.39. The van der Waals surface area contributed by atoms with Crippen LogP contribution in [0.2, 0.25) is 0 Å². The summed E-state index contributed by atoms with van der Waals surface area (Å²) in [5, 5.41) is 8.84. The number of hydrogen-bond acceptors (Lipinski definition) is 3. The van der Waals surface area contributed by atoms with Crippen molar-refractivity contribution in [2.24, 2.45) is 0 Å². The zero-order valence-electron chi connectivity index (χ0n) is 11.2. The first kappa shape index (κ1) is 14.9. The zero-order valence-corrected chi connectivity index (χ0v) is 11.2.